The van der Waals surface area contributed by atoms with Crippen molar-refractivity contribution in [2.45, 2.75) is 103 Å². The first kappa shape index (κ1) is 34.3. The first-order valence-electron chi connectivity index (χ1n) is 19.0. The minimum Gasteiger partial charge on any atom is -0.206 e. The Morgan fingerprint density at radius 2 is 1.02 bits per heavy atom. The molecule has 50 heavy (non-hydrogen) atoms. The molecule has 0 amide bonds. The zero-order valence-electron chi connectivity index (χ0n) is 29.7. The van der Waals surface area contributed by atoms with Crippen molar-refractivity contribution in [3.8, 4) is 44.5 Å². The molecule has 0 bridgehead atoms. The van der Waals surface area contributed by atoms with Crippen LogP contribution >= 0.6 is 11.7 Å². The van der Waals surface area contributed by atoms with Gasteiger partial charge in [-0.3, -0.25) is 0 Å². The number of benzene rings is 5. The lowest BCUT2D eigenvalue weighted by Gasteiger charge is -2.33. The number of fused-ring (bicyclic) bond motifs is 4. The van der Waals surface area contributed by atoms with Gasteiger partial charge in [0.1, 0.15) is 16.9 Å². The summed E-state index contributed by atoms with van der Waals surface area (Å²) in [4.78, 5) is 0. The van der Waals surface area contributed by atoms with Crippen LogP contribution in [0, 0.1) is 5.82 Å². The molecule has 0 aliphatic heterocycles. The van der Waals surface area contributed by atoms with Gasteiger partial charge >= 0.3 is 0 Å². The SMILES string of the molecule is CCCCCCCCC1(CCCCCCC)c2cc(-c3ccccc3)ccc2-c2ccc(-c3cc(F)c(-c4ccccc4)c4nsnc34)cc21. The Balaban J connectivity index is 1.35. The average molecular weight is 681 g/mol. The predicted octanol–water partition coefficient (Wildman–Crippen LogP) is 14.2. The van der Waals surface area contributed by atoms with E-state index in [9.17, 15) is 0 Å². The van der Waals surface area contributed by atoms with Gasteiger partial charge in [0.05, 0.1) is 11.7 Å². The fraction of sp³-hybridized carbons (Fsp3) is 0.348. The highest BCUT2D eigenvalue weighted by molar-refractivity contribution is 7.00. The summed E-state index contributed by atoms with van der Waals surface area (Å²) in [7, 11) is 0. The third kappa shape index (κ3) is 6.80. The minimum atomic E-state index is -0.253. The van der Waals surface area contributed by atoms with Crippen molar-refractivity contribution >= 4 is 22.8 Å². The normalized spacial score (nSPS) is 15.0. The number of aromatic nitrogens is 2. The first-order valence-corrected chi connectivity index (χ1v) is 19.7. The van der Waals surface area contributed by atoms with Crippen LogP contribution in [0.2, 0.25) is 0 Å². The van der Waals surface area contributed by atoms with Gasteiger partial charge in [-0.15, -0.1) is 0 Å². The Hall–Kier alpha value is -4.15. The lowest BCUT2D eigenvalue weighted by Crippen LogP contribution is -2.25. The number of hydrogen-bond donors (Lipinski definition) is 0. The summed E-state index contributed by atoms with van der Waals surface area (Å²) in [6.07, 6.45) is 16.2. The van der Waals surface area contributed by atoms with Crippen LogP contribution in [0.4, 0.5) is 4.39 Å². The van der Waals surface area contributed by atoms with Gasteiger partial charge in [-0.25, -0.2) is 4.39 Å². The Bertz CT molecular complexity index is 2030. The van der Waals surface area contributed by atoms with Crippen LogP contribution in [0.3, 0.4) is 0 Å². The molecule has 1 aliphatic rings. The molecule has 0 saturated carbocycles. The van der Waals surface area contributed by atoms with Gasteiger partial charge in [-0.05, 0) is 75.5 Å². The van der Waals surface area contributed by atoms with E-state index in [2.05, 4.69) is 85.0 Å². The third-order valence-corrected chi connectivity index (χ3v) is 11.5. The third-order valence-electron chi connectivity index (χ3n) is 11.0. The van der Waals surface area contributed by atoms with Crippen LogP contribution in [0.25, 0.3) is 55.5 Å². The molecule has 1 atom stereocenters. The number of hydrogen-bond acceptors (Lipinski definition) is 3. The summed E-state index contributed by atoms with van der Waals surface area (Å²) in [6, 6.07) is 36.3. The molecule has 4 heteroatoms. The number of nitrogens with zero attached hydrogens (tertiary/aromatic N) is 2. The highest BCUT2D eigenvalue weighted by Crippen LogP contribution is 2.56. The van der Waals surface area contributed by atoms with Crippen LogP contribution < -0.4 is 0 Å². The fourth-order valence-electron chi connectivity index (χ4n) is 8.38. The Morgan fingerprint density at radius 3 is 1.64 bits per heavy atom. The summed E-state index contributed by atoms with van der Waals surface area (Å²) in [6.45, 7) is 4.58. The first-order chi connectivity index (χ1) is 24.6. The molecule has 1 aromatic heterocycles. The molecule has 256 valence electrons. The maximum absolute atomic E-state index is 16.2. The van der Waals surface area contributed by atoms with E-state index >= 15 is 4.39 Å². The summed E-state index contributed by atoms with van der Waals surface area (Å²) >= 11 is 1.16. The van der Waals surface area contributed by atoms with Crippen LogP contribution in [0.15, 0.2) is 103 Å². The number of halogens is 1. The van der Waals surface area contributed by atoms with Gasteiger partial charge in [-0.2, -0.15) is 8.75 Å². The molecular weight excluding hydrogens is 632 g/mol. The maximum Gasteiger partial charge on any atom is 0.134 e. The number of unbranched alkanes of at least 4 members (excludes halogenated alkanes) is 9. The smallest absolute Gasteiger partial charge is 0.134 e. The van der Waals surface area contributed by atoms with Crippen molar-refractivity contribution in [1.82, 2.24) is 8.75 Å². The second-order valence-corrected chi connectivity index (χ2v) is 14.8. The Labute approximate surface area is 302 Å². The van der Waals surface area contributed by atoms with E-state index in [0.717, 1.165) is 46.8 Å². The Kier molecular flexibility index (Phi) is 10.8. The molecule has 0 N–H and O–H groups in total. The summed E-state index contributed by atoms with van der Waals surface area (Å²) in [5.74, 6) is -0.253. The fourth-order valence-corrected chi connectivity index (χ4v) is 8.95. The second-order valence-electron chi connectivity index (χ2n) is 14.3. The van der Waals surface area contributed by atoms with Crippen molar-refractivity contribution in [1.29, 1.82) is 0 Å². The van der Waals surface area contributed by atoms with Crippen LogP contribution in [0.5, 0.6) is 0 Å². The molecule has 0 saturated heterocycles. The van der Waals surface area contributed by atoms with Gasteiger partial charge in [0.15, 0.2) is 0 Å². The molecule has 0 spiro atoms. The van der Waals surface area contributed by atoms with Gasteiger partial charge in [-0.1, -0.05) is 169 Å². The van der Waals surface area contributed by atoms with E-state index < -0.39 is 0 Å². The van der Waals surface area contributed by atoms with Gasteiger partial charge < -0.3 is 0 Å². The van der Waals surface area contributed by atoms with E-state index in [0.29, 0.717) is 11.1 Å². The van der Waals surface area contributed by atoms with Crippen molar-refractivity contribution < 1.29 is 4.39 Å². The minimum absolute atomic E-state index is 0.0929. The van der Waals surface area contributed by atoms with E-state index in [1.165, 1.54) is 104 Å². The van der Waals surface area contributed by atoms with E-state index in [-0.39, 0.29) is 11.2 Å². The lowest BCUT2D eigenvalue weighted by molar-refractivity contribution is 0.398. The standard InChI is InChI=1S/C46H49FN2S/c1-3-5-7-9-11-19-29-46(28-18-10-8-6-4-2)40-30-35(33-20-14-12-15-21-33)24-26-37(40)38-27-25-36(31-41(38)46)39-32-42(47)43(34-22-16-13-17-23-34)45-44(39)48-50-49-45/h12-17,20-27,30-32H,3-11,18-19,28-29H2,1-2H3. The van der Waals surface area contributed by atoms with Crippen molar-refractivity contribution in [2.75, 3.05) is 0 Å². The summed E-state index contributed by atoms with van der Waals surface area (Å²) < 4.78 is 25.6. The maximum atomic E-state index is 16.2. The molecule has 6 aromatic rings. The highest BCUT2D eigenvalue weighted by Gasteiger charge is 2.42. The predicted molar refractivity (Wildman–Crippen MR) is 211 cm³/mol. The molecule has 5 aromatic carbocycles. The topological polar surface area (TPSA) is 25.8 Å². The Morgan fingerprint density at radius 1 is 0.500 bits per heavy atom. The van der Waals surface area contributed by atoms with Crippen molar-refractivity contribution in [2.24, 2.45) is 0 Å². The van der Waals surface area contributed by atoms with Crippen LogP contribution in [0.1, 0.15) is 108 Å². The van der Waals surface area contributed by atoms with Crippen LogP contribution in [-0.4, -0.2) is 8.75 Å². The molecule has 7 rings (SSSR count). The molecular formula is C46H49FN2S. The molecule has 2 nitrogen and oxygen atoms in total. The summed E-state index contributed by atoms with van der Waals surface area (Å²) in [5.41, 5.74) is 12.6. The quantitative estimate of drug-likeness (QED) is 0.0951. The van der Waals surface area contributed by atoms with Crippen molar-refractivity contribution in [3.05, 3.63) is 120 Å². The molecule has 1 aliphatic carbocycles. The molecule has 0 fully saturated rings. The summed E-state index contributed by atoms with van der Waals surface area (Å²) in [5, 5.41) is 0. The molecule has 1 unspecified atom stereocenters. The monoisotopic (exact) mass is 680 g/mol. The number of rotatable bonds is 16. The van der Waals surface area contributed by atoms with Gasteiger partial charge in [0, 0.05) is 16.5 Å². The molecule has 1 heterocycles. The highest BCUT2D eigenvalue weighted by atomic mass is 32.1. The zero-order valence-corrected chi connectivity index (χ0v) is 30.5. The van der Waals surface area contributed by atoms with E-state index in [4.69, 9.17) is 4.37 Å². The van der Waals surface area contributed by atoms with Crippen LogP contribution in [-0.2, 0) is 5.41 Å². The largest absolute Gasteiger partial charge is 0.206 e. The van der Waals surface area contributed by atoms with E-state index in [1.54, 1.807) is 6.07 Å². The average Bonchev–Trinajstić information content (AvgIpc) is 3.74. The lowest BCUT2D eigenvalue weighted by atomic mass is 9.70. The van der Waals surface area contributed by atoms with Crippen molar-refractivity contribution in [3.63, 3.8) is 0 Å². The van der Waals surface area contributed by atoms with E-state index in [1.807, 2.05) is 30.3 Å². The van der Waals surface area contributed by atoms with Gasteiger partial charge in [0.2, 0.25) is 0 Å². The zero-order chi connectivity index (χ0) is 34.3. The van der Waals surface area contributed by atoms with Gasteiger partial charge in [0.25, 0.3) is 0 Å². The second kappa shape index (κ2) is 15.8. The molecule has 0 radical (unpaired) electrons.